The van der Waals surface area contributed by atoms with E-state index in [1.807, 2.05) is 0 Å². The van der Waals surface area contributed by atoms with Crippen molar-refractivity contribution in [3.05, 3.63) is 29.3 Å². The summed E-state index contributed by atoms with van der Waals surface area (Å²) in [5, 5.41) is 10.8. The number of ether oxygens (including phenoxy) is 2. The van der Waals surface area contributed by atoms with Gasteiger partial charge in [0, 0.05) is 6.42 Å². The molecule has 4 amide bonds. The molecule has 0 saturated carbocycles. The third-order valence-corrected chi connectivity index (χ3v) is 4.14. The molecule has 1 aromatic carbocycles. The third-order valence-electron chi connectivity index (χ3n) is 4.14. The highest BCUT2D eigenvalue weighted by molar-refractivity contribution is 6.23. The second kappa shape index (κ2) is 7.63. The van der Waals surface area contributed by atoms with E-state index >= 15 is 0 Å². The average Bonchev–Trinajstić information content (AvgIpc) is 2.86. The molecule has 0 aliphatic carbocycles. The summed E-state index contributed by atoms with van der Waals surface area (Å²) in [5.74, 6) is -1.81. The standard InChI is InChI=1S/C17H18N2O7/c20-5-6-25-7-8-26-10-1-2-11-12(9-10)17(24)19(16(11)23)13-3-4-14(21)18-15(13)22/h1-2,9,13,20H,3-8H2,(H,18,21,22). The van der Waals surface area contributed by atoms with Gasteiger partial charge in [-0.3, -0.25) is 29.4 Å². The lowest BCUT2D eigenvalue weighted by Gasteiger charge is -2.27. The molecule has 138 valence electrons. The van der Waals surface area contributed by atoms with Crippen molar-refractivity contribution in [2.45, 2.75) is 18.9 Å². The van der Waals surface area contributed by atoms with Crippen LogP contribution in [0.2, 0.25) is 0 Å². The molecule has 0 spiro atoms. The number of amides is 4. The molecule has 26 heavy (non-hydrogen) atoms. The molecule has 9 nitrogen and oxygen atoms in total. The Labute approximate surface area is 148 Å². The van der Waals surface area contributed by atoms with Crippen LogP contribution >= 0.6 is 0 Å². The zero-order valence-electron chi connectivity index (χ0n) is 13.9. The summed E-state index contributed by atoms with van der Waals surface area (Å²) in [7, 11) is 0. The summed E-state index contributed by atoms with van der Waals surface area (Å²) < 4.78 is 10.5. The Hall–Kier alpha value is -2.78. The average molecular weight is 362 g/mol. The van der Waals surface area contributed by atoms with Crippen LogP contribution in [0.1, 0.15) is 33.6 Å². The van der Waals surface area contributed by atoms with E-state index in [9.17, 15) is 19.2 Å². The van der Waals surface area contributed by atoms with Crippen LogP contribution < -0.4 is 10.1 Å². The number of benzene rings is 1. The molecule has 2 aliphatic rings. The first-order valence-corrected chi connectivity index (χ1v) is 8.20. The fourth-order valence-corrected chi connectivity index (χ4v) is 2.92. The van der Waals surface area contributed by atoms with E-state index in [4.69, 9.17) is 14.6 Å². The lowest BCUT2D eigenvalue weighted by Crippen LogP contribution is -2.54. The molecule has 0 aromatic heterocycles. The topological polar surface area (TPSA) is 122 Å². The number of hydrogen-bond donors (Lipinski definition) is 2. The van der Waals surface area contributed by atoms with Crippen LogP contribution in [0.5, 0.6) is 5.75 Å². The quantitative estimate of drug-likeness (QED) is 0.494. The summed E-state index contributed by atoms with van der Waals surface area (Å²) in [4.78, 5) is 49.3. The van der Waals surface area contributed by atoms with E-state index in [0.717, 1.165) is 4.90 Å². The molecule has 1 unspecified atom stereocenters. The fourth-order valence-electron chi connectivity index (χ4n) is 2.92. The summed E-state index contributed by atoms with van der Waals surface area (Å²) in [6.45, 7) is 0.623. The van der Waals surface area contributed by atoms with Gasteiger partial charge >= 0.3 is 0 Å². The molecule has 9 heteroatoms. The number of hydrogen-bond acceptors (Lipinski definition) is 7. The normalized spacial score (nSPS) is 19.6. The first-order chi connectivity index (χ1) is 12.5. The lowest BCUT2D eigenvalue weighted by atomic mass is 10.0. The molecular formula is C17H18N2O7. The van der Waals surface area contributed by atoms with E-state index < -0.39 is 29.7 Å². The third kappa shape index (κ3) is 3.44. The molecule has 3 rings (SSSR count). The smallest absolute Gasteiger partial charge is 0.262 e. The van der Waals surface area contributed by atoms with Gasteiger partial charge in [-0.05, 0) is 24.6 Å². The van der Waals surface area contributed by atoms with Crippen molar-refractivity contribution in [3.8, 4) is 5.75 Å². The van der Waals surface area contributed by atoms with Crippen molar-refractivity contribution in [2.75, 3.05) is 26.4 Å². The zero-order valence-corrected chi connectivity index (χ0v) is 13.9. The molecular weight excluding hydrogens is 344 g/mol. The Balaban J connectivity index is 1.71. The molecule has 1 fully saturated rings. The number of nitrogens with one attached hydrogen (secondary N) is 1. The Morgan fingerprint density at radius 1 is 1.08 bits per heavy atom. The molecule has 2 N–H and O–H groups in total. The van der Waals surface area contributed by atoms with Crippen LogP contribution in [0.15, 0.2) is 18.2 Å². The molecule has 2 aliphatic heterocycles. The number of fused-ring (bicyclic) bond motifs is 1. The zero-order chi connectivity index (χ0) is 18.7. The van der Waals surface area contributed by atoms with Gasteiger partial charge < -0.3 is 14.6 Å². The predicted octanol–water partition coefficient (Wildman–Crippen LogP) is -0.524. The number of nitrogens with zero attached hydrogens (tertiary/aromatic N) is 1. The molecule has 1 saturated heterocycles. The largest absolute Gasteiger partial charge is 0.491 e. The Morgan fingerprint density at radius 2 is 1.85 bits per heavy atom. The van der Waals surface area contributed by atoms with Crippen LogP contribution in [0.25, 0.3) is 0 Å². The van der Waals surface area contributed by atoms with Gasteiger partial charge in [0.25, 0.3) is 11.8 Å². The maximum atomic E-state index is 12.6. The van der Waals surface area contributed by atoms with Crippen LogP contribution in [-0.2, 0) is 14.3 Å². The minimum absolute atomic E-state index is 0.0754. The molecule has 2 heterocycles. The van der Waals surface area contributed by atoms with E-state index in [1.54, 1.807) is 6.07 Å². The SMILES string of the molecule is O=C1CCC(N2C(=O)c3ccc(OCCOCCO)cc3C2=O)C(=O)N1. The van der Waals surface area contributed by atoms with Gasteiger partial charge in [0.15, 0.2) is 0 Å². The Bertz CT molecular complexity index is 761. The van der Waals surface area contributed by atoms with Crippen molar-refractivity contribution in [1.29, 1.82) is 0 Å². The Kier molecular flexibility index (Phi) is 5.29. The molecule has 0 bridgehead atoms. The minimum Gasteiger partial charge on any atom is -0.491 e. The minimum atomic E-state index is -0.989. The Morgan fingerprint density at radius 3 is 2.58 bits per heavy atom. The first kappa shape index (κ1) is 18.0. The fraction of sp³-hybridized carbons (Fsp3) is 0.412. The molecule has 0 radical (unpaired) electrons. The van der Waals surface area contributed by atoms with Crippen molar-refractivity contribution >= 4 is 23.6 Å². The number of aliphatic hydroxyl groups is 1. The number of carbonyl (C=O) groups excluding carboxylic acids is 4. The van der Waals surface area contributed by atoms with Gasteiger partial charge in [-0.1, -0.05) is 0 Å². The van der Waals surface area contributed by atoms with E-state index in [-0.39, 0.29) is 50.4 Å². The van der Waals surface area contributed by atoms with Crippen molar-refractivity contribution in [1.82, 2.24) is 10.2 Å². The molecule has 1 aromatic rings. The van der Waals surface area contributed by atoms with Crippen molar-refractivity contribution < 1.29 is 33.8 Å². The number of carbonyl (C=O) groups is 4. The van der Waals surface area contributed by atoms with Crippen LogP contribution in [0.4, 0.5) is 0 Å². The number of imide groups is 2. The van der Waals surface area contributed by atoms with Crippen LogP contribution in [0.3, 0.4) is 0 Å². The van der Waals surface area contributed by atoms with Gasteiger partial charge in [0.1, 0.15) is 18.4 Å². The highest BCUT2D eigenvalue weighted by atomic mass is 16.5. The molecule has 1 atom stereocenters. The van der Waals surface area contributed by atoms with E-state index in [0.29, 0.717) is 5.75 Å². The summed E-state index contributed by atoms with van der Waals surface area (Å²) in [6.07, 6.45) is 0.188. The van der Waals surface area contributed by atoms with Gasteiger partial charge in [-0.2, -0.15) is 0 Å². The second-order valence-electron chi connectivity index (χ2n) is 5.84. The number of aliphatic hydroxyl groups excluding tert-OH is 1. The van der Waals surface area contributed by atoms with Crippen molar-refractivity contribution in [2.24, 2.45) is 0 Å². The van der Waals surface area contributed by atoms with E-state index in [1.165, 1.54) is 12.1 Å². The maximum absolute atomic E-state index is 12.6. The van der Waals surface area contributed by atoms with Gasteiger partial charge in [-0.15, -0.1) is 0 Å². The summed E-state index contributed by atoms with van der Waals surface area (Å²) in [5.41, 5.74) is 0.358. The lowest BCUT2D eigenvalue weighted by molar-refractivity contribution is -0.136. The second-order valence-corrected chi connectivity index (χ2v) is 5.84. The van der Waals surface area contributed by atoms with Crippen LogP contribution in [-0.4, -0.2) is 66.1 Å². The van der Waals surface area contributed by atoms with E-state index in [2.05, 4.69) is 5.32 Å². The highest BCUT2D eigenvalue weighted by Crippen LogP contribution is 2.30. The first-order valence-electron chi connectivity index (χ1n) is 8.20. The monoisotopic (exact) mass is 362 g/mol. The number of rotatable bonds is 7. The van der Waals surface area contributed by atoms with Gasteiger partial charge in [-0.25, -0.2) is 0 Å². The van der Waals surface area contributed by atoms with Crippen molar-refractivity contribution in [3.63, 3.8) is 0 Å². The predicted molar refractivity (Wildman–Crippen MR) is 86.5 cm³/mol. The summed E-state index contributed by atoms with van der Waals surface area (Å²) >= 11 is 0. The highest BCUT2D eigenvalue weighted by Gasteiger charge is 2.44. The van der Waals surface area contributed by atoms with Gasteiger partial charge in [0.2, 0.25) is 11.8 Å². The summed E-state index contributed by atoms with van der Waals surface area (Å²) in [6, 6.07) is 3.50. The number of piperidine rings is 1. The van der Waals surface area contributed by atoms with Gasteiger partial charge in [0.05, 0.1) is 30.9 Å². The van der Waals surface area contributed by atoms with Crippen LogP contribution in [0, 0.1) is 0 Å². The maximum Gasteiger partial charge on any atom is 0.262 e.